The van der Waals surface area contributed by atoms with Crippen LogP contribution in [0.2, 0.25) is 0 Å². The fraction of sp³-hybridized carbons (Fsp3) is 0.929. The Morgan fingerprint density at radius 1 is 0.889 bits per heavy atom. The number of carbonyl (C=O) groups is 1. The monoisotopic (exact) mass is 400 g/mol. The van der Waals surface area contributed by atoms with Crippen LogP contribution in [0.3, 0.4) is 0 Å². The third-order valence-electron chi connectivity index (χ3n) is 4.41. The van der Waals surface area contributed by atoms with Crippen molar-refractivity contribution < 1.29 is 64.6 Å². The van der Waals surface area contributed by atoms with E-state index < -0.39 is 87.2 Å². The number of ether oxygens (including phenoxy) is 4. The molecule has 8 N–H and O–H groups in total. The number of aliphatic hydroxyl groups is 8. The third-order valence-corrected chi connectivity index (χ3v) is 4.41. The molecular formula is C14H24O13. The van der Waals surface area contributed by atoms with E-state index in [-0.39, 0.29) is 0 Å². The van der Waals surface area contributed by atoms with Crippen LogP contribution in [0.25, 0.3) is 0 Å². The predicted octanol–water partition coefficient (Wildman–Crippen LogP) is -5.85. The molecule has 0 saturated carbocycles. The minimum Gasteiger partial charge on any atom is -0.458 e. The number of hydrogen-bond donors (Lipinski definition) is 8. The molecule has 0 aromatic rings. The maximum absolute atomic E-state index is 11.2. The van der Waals surface area contributed by atoms with Gasteiger partial charge < -0.3 is 59.8 Å². The van der Waals surface area contributed by atoms with Gasteiger partial charge in [0, 0.05) is 0 Å². The molecule has 1 unspecified atom stereocenters. The summed E-state index contributed by atoms with van der Waals surface area (Å²) in [6.45, 7) is -3.37. The van der Waals surface area contributed by atoms with Gasteiger partial charge in [-0.05, 0) is 0 Å². The van der Waals surface area contributed by atoms with Crippen LogP contribution in [-0.2, 0) is 23.7 Å². The van der Waals surface area contributed by atoms with Crippen molar-refractivity contribution in [3.63, 3.8) is 0 Å². The van der Waals surface area contributed by atoms with Gasteiger partial charge in [0.25, 0.3) is 0 Å². The van der Waals surface area contributed by atoms with Crippen molar-refractivity contribution in [1.29, 1.82) is 0 Å². The molecule has 0 spiro atoms. The summed E-state index contributed by atoms with van der Waals surface area (Å²) < 4.78 is 20.5. The molecule has 158 valence electrons. The Hall–Kier alpha value is -0.970. The number of carbonyl (C=O) groups excluding carboxylic acids is 1. The molecule has 2 heterocycles. The van der Waals surface area contributed by atoms with E-state index in [0.717, 1.165) is 0 Å². The average molecular weight is 400 g/mol. The third kappa shape index (κ3) is 4.38. The zero-order chi connectivity index (χ0) is 20.4. The summed E-state index contributed by atoms with van der Waals surface area (Å²) in [5.41, 5.74) is 0. The van der Waals surface area contributed by atoms with E-state index in [0.29, 0.717) is 0 Å². The van der Waals surface area contributed by atoms with Crippen molar-refractivity contribution in [2.75, 3.05) is 26.4 Å². The molecule has 2 rings (SSSR count). The molecule has 13 nitrogen and oxygen atoms in total. The van der Waals surface area contributed by atoms with Gasteiger partial charge in [-0.3, -0.25) is 0 Å². The molecule has 0 aromatic heterocycles. The second kappa shape index (κ2) is 9.02. The molecule has 0 aliphatic carbocycles. The first-order valence-electron chi connectivity index (χ1n) is 8.10. The van der Waals surface area contributed by atoms with Crippen LogP contribution in [0.15, 0.2) is 0 Å². The zero-order valence-corrected chi connectivity index (χ0v) is 14.1. The van der Waals surface area contributed by atoms with Crippen molar-refractivity contribution in [3.05, 3.63) is 0 Å². The largest absolute Gasteiger partial charge is 0.458 e. The summed E-state index contributed by atoms with van der Waals surface area (Å²) in [5, 5.41) is 77.1. The van der Waals surface area contributed by atoms with Crippen LogP contribution in [-0.4, -0.2) is 128 Å². The molecule has 2 aliphatic heterocycles. The highest BCUT2D eigenvalue weighted by Gasteiger charge is 2.59. The lowest BCUT2D eigenvalue weighted by molar-refractivity contribution is -0.383. The molecule has 2 aliphatic rings. The van der Waals surface area contributed by atoms with Gasteiger partial charge in [-0.15, -0.1) is 0 Å². The maximum atomic E-state index is 11.2. The second-order valence-electron chi connectivity index (χ2n) is 6.22. The summed E-state index contributed by atoms with van der Waals surface area (Å²) >= 11 is 0. The van der Waals surface area contributed by atoms with Crippen LogP contribution in [0.5, 0.6) is 0 Å². The van der Waals surface area contributed by atoms with E-state index in [1.807, 2.05) is 0 Å². The van der Waals surface area contributed by atoms with Gasteiger partial charge in [-0.1, -0.05) is 0 Å². The Labute approximate surface area is 152 Å². The summed E-state index contributed by atoms with van der Waals surface area (Å²) in [4.78, 5) is 11.2. The quantitative estimate of drug-likeness (QED) is 0.187. The van der Waals surface area contributed by atoms with Gasteiger partial charge >= 0.3 is 5.97 Å². The number of esters is 1. The van der Waals surface area contributed by atoms with Crippen molar-refractivity contribution in [2.24, 2.45) is 0 Å². The molecule has 13 heteroatoms. The van der Waals surface area contributed by atoms with Gasteiger partial charge in [0.1, 0.15) is 55.9 Å². The van der Waals surface area contributed by atoms with Gasteiger partial charge in [-0.2, -0.15) is 0 Å². The minimum absolute atomic E-state index is 0.744. The molecule has 0 amide bonds. The predicted molar refractivity (Wildman–Crippen MR) is 79.6 cm³/mol. The summed E-state index contributed by atoms with van der Waals surface area (Å²) in [5.74, 6) is -3.46. The minimum atomic E-state index is -2.34. The lowest BCUT2D eigenvalue weighted by Crippen LogP contribution is -2.62. The molecular weight excluding hydrogens is 376 g/mol. The first-order chi connectivity index (χ1) is 12.7. The van der Waals surface area contributed by atoms with Crippen LogP contribution < -0.4 is 0 Å². The van der Waals surface area contributed by atoms with Gasteiger partial charge in [0.2, 0.25) is 5.79 Å². The second-order valence-corrected chi connectivity index (χ2v) is 6.22. The van der Waals surface area contributed by atoms with E-state index in [1.165, 1.54) is 0 Å². The number of hydrogen-bond acceptors (Lipinski definition) is 13. The molecule has 0 radical (unpaired) electrons. The van der Waals surface area contributed by atoms with E-state index in [2.05, 4.69) is 4.74 Å². The zero-order valence-electron chi connectivity index (χ0n) is 14.1. The number of aliphatic hydroxyl groups excluding tert-OH is 8. The first kappa shape index (κ1) is 22.3. The molecule has 0 bridgehead atoms. The highest BCUT2D eigenvalue weighted by atomic mass is 16.8. The van der Waals surface area contributed by atoms with E-state index in [9.17, 15) is 40.5 Å². The molecule has 2 fully saturated rings. The Balaban J connectivity index is 2.24. The fourth-order valence-corrected chi connectivity index (χ4v) is 2.84. The van der Waals surface area contributed by atoms with E-state index in [1.54, 1.807) is 0 Å². The lowest BCUT2D eigenvalue weighted by Gasteiger charge is -2.43. The van der Waals surface area contributed by atoms with Crippen LogP contribution >= 0.6 is 0 Å². The summed E-state index contributed by atoms with van der Waals surface area (Å²) in [6.07, 6.45) is -13.4. The SMILES string of the molecule is O=C(CO)OC[C@]1(OC2O[C@H](CO)[C@H](O)[C@H](O)[C@H]2O)O[C@H](CO)[C@@H](O)[C@@H]1O. The van der Waals surface area contributed by atoms with Crippen LogP contribution in [0, 0.1) is 0 Å². The summed E-state index contributed by atoms with van der Waals surface area (Å²) in [6, 6.07) is 0. The smallest absolute Gasteiger partial charge is 0.331 e. The normalized spacial score (nSPS) is 45.0. The van der Waals surface area contributed by atoms with Gasteiger partial charge in [-0.25, -0.2) is 4.79 Å². The Kier molecular flexibility index (Phi) is 7.46. The van der Waals surface area contributed by atoms with Crippen LogP contribution in [0.1, 0.15) is 0 Å². The van der Waals surface area contributed by atoms with Crippen molar-refractivity contribution in [2.45, 2.75) is 54.8 Å². The highest BCUT2D eigenvalue weighted by molar-refractivity contribution is 5.70. The topological polar surface area (TPSA) is 216 Å². The maximum Gasteiger partial charge on any atom is 0.331 e. The van der Waals surface area contributed by atoms with E-state index >= 15 is 0 Å². The number of rotatable bonds is 7. The molecule has 27 heavy (non-hydrogen) atoms. The lowest BCUT2D eigenvalue weighted by atomic mass is 9.99. The molecule has 0 aromatic carbocycles. The molecule has 9 atom stereocenters. The van der Waals surface area contributed by atoms with Crippen molar-refractivity contribution >= 4 is 5.97 Å². The molecule has 2 saturated heterocycles. The summed E-state index contributed by atoms with van der Waals surface area (Å²) in [7, 11) is 0. The van der Waals surface area contributed by atoms with Crippen LogP contribution in [0.4, 0.5) is 0 Å². The van der Waals surface area contributed by atoms with Crippen molar-refractivity contribution in [1.82, 2.24) is 0 Å². The highest BCUT2D eigenvalue weighted by Crippen LogP contribution is 2.36. The average Bonchev–Trinajstić information content (AvgIpc) is 2.91. The Bertz CT molecular complexity index is 501. The van der Waals surface area contributed by atoms with E-state index in [4.69, 9.17) is 19.3 Å². The van der Waals surface area contributed by atoms with Gasteiger partial charge in [0.05, 0.1) is 13.2 Å². The standard InChI is InChI=1S/C14H24O13/c15-1-5-8(19)10(21)11(22)13(25-5)27-14(4-24-7(18)3-17)12(23)9(20)6(2-16)26-14/h5-6,8-13,15-17,19-23H,1-4H2/t5-,6-,8+,9-,10+,11-,12+,13?,14-/m1/s1. The first-order valence-corrected chi connectivity index (χ1v) is 8.10. The Morgan fingerprint density at radius 2 is 1.52 bits per heavy atom. The fourth-order valence-electron chi connectivity index (χ4n) is 2.84. The van der Waals surface area contributed by atoms with Gasteiger partial charge in [0.15, 0.2) is 6.29 Å². The van der Waals surface area contributed by atoms with Crippen molar-refractivity contribution in [3.8, 4) is 0 Å². The Morgan fingerprint density at radius 3 is 2.04 bits per heavy atom.